The molecule has 0 rings (SSSR count). The van der Waals surface area contributed by atoms with Crippen LogP contribution in [0.1, 0.15) is 33.6 Å². The second-order valence-electron chi connectivity index (χ2n) is 4.20. The number of oxime groups is 1. The number of amidine groups is 1. The number of nitrogens with two attached hydrogens (primary N) is 1. The molecule has 8 nitrogen and oxygen atoms in total. The average molecular weight is 321 g/mol. The van der Waals surface area contributed by atoms with Crippen LogP contribution in [0.15, 0.2) is 5.16 Å². The fourth-order valence-electron chi connectivity index (χ4n) is 1.80. The molecule has 0 aromatic rings. The van der Waals surface area contributed by atoms with Crippen LogP contribution < -0.4 is 11.1 Å². The molecular weight excluding hydrogens is 294 g/mol. The zero-order valence-electron chi connectivity index (χ0n) is 13.1. The van der Waals surface area contributed by atoms with E-state index in [1.165, 1.54) is 0 Å². The fraction of sp³-hybridized carbons (Fsp3) is 0.833. The topological polar surface area (TPSA) is 115 Å². The number of nitrogens with zero attached hydrogens (tertiary/aromatic N) is 1. The molecule has 0 radical (unpaired) electrons. The van der Waals surface area contributed by atoms with Gasteiger partial charge in [-0.2, -0.15) is 0 Å². The standard InChI is InChI=1S/C12H27N3O5Si/c1-4-18-21(19-5-2,20-6-3)9-7-8-14-12(16)10-11(13)15-17/h17H,4-10H2,1-3H3,(H2,13,15)(H,14,16). The van der Waals surface area contributed by atoms with Crippen molar-refractivity contribution in [1.82, 2.24) is 5.32 Å². The van der Waals surface area contributed by atoms with Gasteiger partial charge in [-0.15, -0.1) is 0 Å². The van der Waals surface area contributed by atoms with E-state index in [9.17, 15) is 4.79 Å². The van der Waals surface area contributed by atoms with Crippen molar-refractivity contribution in [3.8, 4) is 0 Å². The van der Waals surface area contributed by atoms with Crippen LogP contribution in [0.3, 0.4) is 0 Å². The third-order valence-electron chi connectivity index (χ3n) is 2.54. The third kappa shape index (κ3) is 8.66. The van der Waals surface area contributed by atoms with E-state index < -0.39 is 8.80 Å². The van der Waals surface area contributed by atoms with Crippen molar-refractivity contribution in [2.75, 3.05) is 26.4 Å². The molecule has 124 valence electrons. The molecule has 4 N–H and O–H groups in total. The SMILES string of the molecule is CCO[Si](CCCNC(=O)C/C(N)=N/O)(OCC)OCC. The van der Waals surface area contributed by atoms with Crippen LogP contribution in [0.4, 0.5) is 0 Å². The number of hydrogen-bond donors (Lipinski definition) is 3. The van der Waals surface area contributed by atoms with Crippen LogP contribution in [0.2, 0.25) is 6.04 Å². The molecule has 0 saturated carbocycles. The molecule has 0 heterocycles. The monoisotopic (exact) mass is 321 g/mol. The minimum absolute atomic E-state index is 0.117. The first-order valence-electron chi connectivity index (χ1n) is 7.18. The van der Waals surface area contributed by atoms with E-state index in [1.54, 1.807) is 0 Å². The summed E-state index contributed by atoms with van der Waals surface area (Å²) in [6.07, 6.45) is 0.551. The molecule has 0 saturated heterocycles. The molecule has 0 unspecified atom stereocenters. The van der Waals surface area contributed by atoms with Gasteiger partial charge in [-0.25, -0.2) is 0 Å². The van der Waals surface area contributed by atoms with E-state index in [0.717, 1.165) is 0 Å². The Kier molecular flexibility index (Phi) is 10.9. The van der Waals surface area contributed by atoms with Crippen LogP contribution in [-0.2, 0) is 18.1 Å². The van der Waals surface area contributed by atoms with Crippen molar-refractivity contribution in [1.29, 1.82) is 0 Å². The van der Waals surface area contributed by atoms with E-state index in [2.05, 4.69) is 10.5 Å². The largest absolute Gasteiger partial charge is 0.500 e. The summed E-state index contributed by atoms with van der Waals surface area (Å²) in [6.45, 7) is 7.75. The molecule has 0 bridgehead atoms. The number of hydrogen-bond acceptors (Lipinski definition) is 6. The predicted octanol–water partition coefficient (Wildman–Crippen LogP) is 0.678. The Bertz CT molecular complexity index is 311. The summed E-state index contributed by atoms with van der Waals surface area (Å²) in [4.78, 5) is 11.4. The quantitative estimate of drug-likeness (QED) is 0.122. The van der Waals surface area contributed by atoms with Crippen LogP contribution in [0.5, 0.6) is 0 Å². The summed E-state index contributed by atoms with van der Waals surface area (Å²) in [7, 11) is -2.65. The lowest BCUT2D eigenvalue weighted by Gasteiger charge is -2.28. The molecule has 9 heteroatoms. The summed E-state index contributed by atoms with van der Waals surface area (Å²) >= 11 is 0. The second kappa shape index (κ2) is 11.5. The van der Waals surface area contributed by atoms with Crippen LogP contribution in [-0.4, -0.2) is 52.1 Å². The summed E-state index contributed by atoms with van der Waals surface area (Å²) in [6, 6.07) is 0.631. The van der Waals surface area contributed by atoms with Gasteiger partial charge in [0.15, 0.2) is 0 Å². The van der Waals surface area contributed by atoms with Gasteiger partial charge in [-0.05, 0) is 27.2 Å². The smallest absolute Gasteiger partial charge is 0.409 e. The number of amides is 1. The fourth-order valence-corrected chi connectivity index (χ4v) is 4.41. The molecule has 0 aliphatic rings. The highest BCUT2D eigenvalue weighted by atomic mass is 28.4. The Labute approximate surface area is 127 Å². The van der Waals surface area contributed by atoms with Crippen molar-refractivity contribution in [2.45, 2.75) is 39.7 Å². The van der Waals surface area contributed by atoms with Crippen molar-refractivity contribution < 1.29 is 23.3 Å². The molecule has 1 amide bonds. The van der Waals surface area contributed by atoms with Gasteiger partial charge in [0, 0.05) is 32.4 Å². The molecule has 0 spiro atoms. The number of rotatable bonds is 12. The highest BCUT2D eigenvalue weighted by Crippen LogP contribution is 2.17. The maximum absolute atomic E-state index is 11.4. The van der Waals surface area contributed by atoms with Gasteiger partial charge < -0.3 is 29.5 Å². The molecule has 21 heavy (non-hydrogen) atoms. The Hall–Kier alpha value is -1.16. The molecule has 0 aliphatic heterocycles. The van der Waals surface area contributed by atoms with Crippen molar-refractivity contribution in [2.24, 2.45) is 10.9 Å². The molecule has 0 aliphatic carbocycles. The van der Waals surface area contributed by atoms with E-state index in [4.69, 9.17) is 24.2 Å². The normalized spacial score (nSPS) is 12.4. The second-order valence-corrected chi connectivity index (χ2v) is 6.94. The zero-order valence-corrected chi connectivity index (χ0v) is 14.1. The van der Waals surface area contributed by atoms with E-state index >= 15 is 0 Å². The zero-order chi connectivity index (χ0) is 16.1. The van der Waals surface area contributed by atoms with Crippen molar-refractivity contribution in [3.05, 3.63) is 0 Å². The third-order valence-corrected chi connectivity index (χ3v) is 5.70. The first-order valence-corrected chi connectivity index (χ1v) is 9.11. The van der Waals surface area contributed by atoms with Crippen molar-refractivity contribution >= 4 is 20.5 Å². The highest BCUT2D eigenvalue weighted by molar-refractivity contribution is 6.60. The van der Waals surface area contributed by atoms with Gasteiger partial charge in [0.25, 0.3) is 0 Å². The Balaban J connectivity index is 4.20. The van der Waals surface area contributed by atoms with Crippen LogP contribution in [0.25, 0.3) is 0 Å². The summed E-state index contributed by atoms with van der Waals surface area (Å²) in [5.74, 6) is -0.407. The minimum Gasteiger partial charge on any atom is -0.409 e. The van der Waals surface area contributed by atoms with Crippen LogP contribution in [0, 0.1) is 0 Å². The molecule has 0 fully saturated rings. The van der Waals surface area contributed by atoms with Gasteiger partial charge in [0.2, 0.25) is 5.91 Å². The van der Waals surface area contributed by atoms with E-state index in [-0.39, 0.29) is 18.2 Å². The lowest BCUT2D eigenvalue weighted by Crippen LogP contribution is -2.46. The molecule has 0 atom stereocenters. The minimum atomic E-state index is -2.65. The first kappa shape index (κ1) is 19.8. The van der Waals surface area contributed by atoms with E-state index in [0.29, 0.717) is 38.8 Å². The van der Waals surface area contributed by atoms with Gasteiger partial charge in [0.1, 0.15) is 5.84 Å². The lowest BCUT2D eigenvalue weighted by molar-refractivity contribution is -0.119. The maximum atomic E-state index is 11.4. The molecule has 0 aromatic heterocycles. The number of nitrogens with one attached hydrogen (secondary N) is 1. The number of carbonyl (C=O) groups excluding carboxylic acids is 1. The summed E-state index contributed by atoms with van der Waals surface area (Å²) in [5.41, 5.74) is 5.25. The number of carbonyl (C=O) groups is 1. The van der Waals surface area contributed by atoms with E-state index in [1.807, 2.05) is 20.8 Å². The van der Waals surface area contributed by atoms with Gasteiger partial charge >= 0.3 is 8.80 Å². The maximum Gasteiger partial charge on any atom is 0.500 e. The average Bonchev–Trinajstić information content (AvgIpc) is 2.44. The highest BCUT2D eigenvalue weighted by Gasteiger charge is 2.39. The summed E-state index contributed by atoms with van der Waals surface area (Å²) < 4.78 is 17.1. The lowest BCUT2D eigenvalue weighted by atomic mass is 10.3. The van der Waals surface area contributed by atoms with Crippen LogP contribution >= 0.6 is 0 Å². The Morgan fingerprint density at radius 3 is 2.14 bits per heavy atom. The Morgan fingerprint density at radius 1 is 1.19 bits per heavy atom. The Morgan fingerprint density at radius 2 is 1.71 bits per heavy atom. The predicted molar refractivity (Wildman–Crippen MR) is 81.1 cm³/mol. The van der Waals surface area contributed by atoms with Gasteiger partial charge in [-0.1, -0.05) is 5.16 Å². The molecular formula is C12H27N3O5Si. The first-order chi connectivity index (χ1) is 10.0. The van der Waals surface area contributed by atoms with Crippen molar-refractivity contribution in [3.63, 3.8) is 0 Å². The van der Waals surface area contributed by atoms with Gasteiger partial charge in [-0.3, -0.25) is 4.79 Å². The van der Waals surface area contributed by atoms with Gasteiger partial charge in [0.05, 0.1) is 6.42 Å². The summed E-state index contributed by atoms with van der Waals surface area (Å²) in [5, 5.41) is 13.8. The molecule has 0 aromatic carbocycles.